The average Bonchev–Trinajstić information content (AvgIpc) is 3.17. The molecule has 1 aromatic heterocycles. The number of tetrazole rings is 1. The van der Waals surface area contributed by atoms with Crippen LogP contribution in [0.3, 0.4) is 0 Å². The smallest absolute Gasteiger partial charge is 0.377 e. The zero-order valence-corrected chi connectivity index (χ0v) is 18.4. The van der Waals surface area contributed by atoms with E-state index in [4.69, 9.17) is 4.74 Å². The molecule has 0 fully saturated rings. The number of anilines is 2. The molecule has 0 unspecified atom stereocenters. The van der Waals surface area contributed by atoms with E-state index in [1.807, 2.05) is 43.3 Å². The molecule has 9 heteroatoms. The Labute approximate surface area is 186 Å². The van der Waals surface area contributed by atoms with E-state index in [1.54, 1.807) is 36.4 Å². The Morgan fingerprint density at radius 1 is 0.935 bits per heavy atom. The van der Waals surface area contributed by atoms with Gasteiger partial charge in [-0.25, -0.2) is 9.59 Å². The Morgan fingerprint density at radius 3 is 2.19 bits per heavy atom. The van der Waals surface area contributed by atoms with Gasteiger partial charge in [-0.2, -0.15) is 4.68 Å². The predicted molar refractivity (Wildman–Crippen MR) is 120 cm³/mol. The Balaban J connectivity index is 1.81. The minimum Gasteiger partial charge on any atom is -0.494 e. The molecule has 0 saturated heterocycles. The predicted octanol–water partition coefficient (Wildman–Crippen LogP) is 4.31. The molecule has 1 amide bonds. The van der Waals surface area contributed by atoms with Crippen molar-refractivity contribution in [2.45, 2.75) is 6.92 Å². The molecule has 0 aliphatic carbocycles. The molecule has 0 atom stereocenters. The number of hydrogen-bond acceptors (Lipinski definition) is 5. The summed E-state index contributed by atoms with van der Waals surface area (Å²) in [5.41, 5.74) is 1.90. The summed E-state index contributed by atoms with van der Waals surface area (Å²) in [6.07, 6.45) is 0. The maximum Gasteiger partial charge on any atom is 0.377 e. The topological polar surface area (TPSA) is 82.2 Å². The first-order valence-electron chi connectivity index (χ1n) is 9.34. The summed E-state index contributed by atoms with van der Waals surface area (Å²) in [7, 11) is 1.49. The molecule has 156 valence electrons. The van der Waals surface area contributed by atoms with Crippen molar-refractivity contribution in [1.82, 2.24) is 19.8 Å². The number of nitrogens with zero attached hydrogens (tertiary/aromatic N) is 5. The van der Waals surface area contributed by atoms with Gasteiger partial charge in [0.1, 0.15) is 11.4 Å². The zero-order chi connectivity index (χ0) is 22.0. The molecule has 0 spiro atoms. The van der Waals surface area contributed by atoms with E-state index < -0.39 is 11.7 Å². The van der Waals surface area contributed by atoms with Crippen molar-refractivity contribution in [3.63, 3.8) is 0 Å². The first-order chi connectivity index (χ1) is 15.0. The number of amides is 1. The molecule has 8 nitrogen and oxygen atoms in total. The Morgan fingerprint density at radius 2 is 1.55 bits per heavy atom. The molecule has 0 radical (unpaired) electrons. The van der Waals surface area contributed by atoms with Gasteiger partial charge in [0.05, 0.1) is 18.5 Å². The van der Waals surface area contributed by atoms with Crippen LogP contribution < -0.4 is 15.3 Å². The number of aryl methyl sites for hydroxylation is 1. The fourth-order valence-electron chi connectivity index (χ4n) is 3.07. The Bertz CT molecular complexity index is 1230. The van der Waals surface area contributed by atoms with E-state index in [0.29, 0.717) is 22.8 Å². The lowest BCUT2D eigenvalue weighted by molar-refractivity contribution is 0.246. The summed E-state index contributed by atoms with van der Waals surface area (Å²) >= 11 is 3.40. The highest BCUT2D eigenvalue weighted by atomic mass is 79.9. The number of halogens is 1. The molecule has 4 rings (SSSR count). The molecule has 0 N–H and O–H groups in total. The average molecular weight is 480 g/mol. The van der Waals surface area contributed by atoms with Gasteiger partial charge in [-0.15, -0.1) is 4.68 Å². The fourth-order valence-corrected chi connectivity index (χ4v) is 3.34. The maximum absolute atomic E-state index is 13.5. The van der Waals surface area contributed by atoms with E-state index in [1.165, 1.54) is 12.0 Å². The van der Waals surface area contributed by atoms with Gasteiger partial charge in [0.25, 0.3) is 0 Å². The molecular weight excluding hydrogens is 462 g/mol. The van der Waals surface area contributed by atoms with Gasteiger partial charge >= 0.3 is 11.7 Å². The Kier molecular flexibility index (Phi) is 5.68. The first-order valence-corrected chi connectivity index (χ1v) is 10.1. The number of methoxy groups -OCH3 is 1. The van der Waals surface area contributed by atoms with Crippen LogP contribution in [0, 0.1) is 6.92 Å². The lowest BCUT2D eigenvalue weighted by Crippen LogP contribution is -2.38. The van der Waals surface area contributed by atoms with Gasteiger partial charge in [-0.3, -0.25) is 4.90 Å². The van der Waals surface area contributed by atoms with E-state index in [2.05, 4.69) is 26.4 Å². The second kappa shape index (κ2) is 8.57. The minimum absolute atomic E-state index is 0.388. The van der Waals surface area contributed by atoms with Gasteiger partial charge in [-0.1, -0.05) is 45.8 Å². The van der Waals surface area contributed by atoms with Crippen LogP contribution in [0.15, 0.2) is 82.1 Å². The molecule has 4 aromatic rings. The summed E-state index contributed by atoms with van der Waals surface area (Å²) in [5, 5.41) is 7.73. The molecule has 1 heterocycles. The number of carbonyl (C=O) groups excluding carboxylic acids is 1. The lowest BCUT2D eigenvalue weighted by atomic mass is 10.2. The van der Waals surface area contributed by atoms with Crippen LogP contribution >= 0.6 is 15.9 Å². The summed E-state index contributed by atoms with van der Waals surface area (Å²) in [4.78, 5) is 27.9. The number of para-hydroxylation sites is 2. The van der Waals surface area contributed by atoms with E-state index >= 15 is 0 Å². The molecule has 0 aliphatic rings. The highest BCUT2D eigenvalue weighted by Crippen LogP contribution is 2.28. The zero-order valence-electron chi connectivity index (χ0n) is 16.8. The maximum atomic E-state index is 13.5. The Hall–Kier alpha value is -3.72. The monoisotopic (exact) mass is 479 g/mol. The van der Waals surface area contributed by atoms with Crippen LogP contribution in [0.5, 0.6) is 5.75 Å². The highest BCUT2D eigenvalue weighted by Gasteiger charge is 2.25. The van der Waals surface area contributed by atoms with Crippen LogP contribution in [-0.2, 0) is 0 Å². The van der Waals surface area contributed by atoms with Gasteiger partial charge in [0.15, 0.2) is 0 Å². The molecular formula is C22H18BrN5O3. The van der Waals surface area contributed by atoms with Gasteiger partial charge in [0.2, 0.25) is 0 Å². The van der Waals surface area contributed by atoms with E-state index in [9.17, 15) is 9.59 Å². The molecule has 0 aliphatic heterocycles. The number of rotatable bonds is 4. The molecule has 0 bridgehead atoms. The van der Waals surface area contributed by atoms with Gasteiger partial charge in [0, 0.05) is 4.47 Å². The van der Waals surface area contributed by atoms with Crippen molar-refractivity contribution >= 4 is 33.3 Å². The van der Waals surface area contributed by atoms with Crippen LogP contribution in [-0.4, -0.2) is 32.9 Å². The number of ether oxygens (including phenoxy) is 1. The normalized spacial score (nSPS) is 10.7. The van der Waals surface area contributed by atoms with Crippen molar-refractivity contribution in [2.75, 3.05) is 12.0 Å². The number of aromatic nitrogens is 4. The van der Waals surface area contributed by atoms with Crippen LogP contribution in [0.25, 0.3) is 5.69 Å². The van der Waals surface area contributed by atoms with Crippen molar-refractivity contribution in [2.24, 2.45) is 0 Å². The third kappa shape index (κ3) is 3.99. The summed E-state index contributed by atoms with van der Waals surface area (Å²) in [6, 6.07) is 20.8. The second-order valence-corrected chi connectivity index (χ2v) is 7.60. The number of benzene rings is 3. The lowest BCUT2D eigenvalue weighted by Gasteiger charge is -2.22. The van der Waals surface area contributed by atoms with Gasteiger partial charge < -0.3 is 4.74 Å². The van der Waals surface area contributed by atoms with E-state index in [-0.39, 0.29) is 0 Å². The van der Waals surface area contributed by atoms with Crippen molar-refractivity contribution < 1.29 is 9.53 Å². The van der Waals surface area contributed by atoms with Crippen molar-refractivity contribution in [3.05, 3.63) is 93.3 Å². The summed E-state index contributed by atoms with van der Waals surface area (Å²) in [5.74, 6) is 0.437. The highest BCUT2D eigenvalue weighted by molar-refractivity contribution is 9.10. The molecule has 3 aromatic carbocycles. The molecule has 31 heavy (non-hydrogen) atoms. The summed E-state index contributed by atoms with van der Waals surface area (Å²) in [6.45, 7) is 1.96. The summed E-state index contributed by atoms with van der Waals surface area (Å²) < 4.78 is 7.93. The fraction of sp³-hybridized carbons (Fsp3) is 0.0909. The van der Waals surface area contributed by atoms with Crippen LogP contribution in [0.4, 0.5) is 16.2 Å². The van der Waals surface area contributed by atoms with E-state index in [0.717, 1.165) is 19.4 Å². The molecule has 0 saturated carbocycles. The minimum atomic E-state index is -0.705. The van der Waals surface area contributed by atoms with Crippen LogP contribution in [0.2, 0.25) is 0 Å². The van der Waals surface area contributed by atoms with Crippen molar-refractivity contribution in [1.29, 1.82) is 0 Å². The van der Waals surface area contributed by atoms with Gasteiger partial charge in [-0.05, 0) is 65.9 Å². The third-order valence-corrected chi connectivity index (χ3v) is 5.17. The quantitative estimate of drug-likeness (QED) is 0.407. The van der Waals surface area contributed by atoms with Crippen molar-refractivity contribution in [3.8, 4) is 11.4 Å². The van der Waals surface area contributed by atoms with Crippen LogP contribution in [0.1, 0.15) is 5.56 Å². The largest absolute Gasteiger partial charge is 0.494 e. The number of carbonyl (C=O) groups is 1. The first kappa shape index (κ1) is 20.5. The number of hydrogen-bond donors (Lipinski definition) is 0. The standard InChI is InChI=1S/C22H18BrN5O3/c1-15-7-11-17(12-8-15)26(18-13-9-16(23)10-14-18)21(29)28-22(30)27(24-25-28)19-5-3-4-6-20(19)31-2/h3-14H,1-2H3. The third-order valence-electron chi connectivity index (χ3n) is 4.64. The second-order valence-electron chi connectivity index (χ2n) is 6.69. The SMILES string of the molecule is COc1ccccc1-n1nnn(C(=O)N(c2ccc(C)cc2)c2ccc(Br)cc2)c1=O.